The zero-order valence-corrected chi connectivity index (χ0v) is 12.7. The van der Waals surface area contributed by atoms with Gasteiger partial charge in [0, 0.05) is 12.6 Å². The molecule has 0 spiro atoms. The average molecular weight is 265 g/mol. The maximum atomic E-state index is 5.87. The zero-order valence-electron chi connectivity index (χ0n) is 12.7. The van der Waals surface area contributed by atoms with Crippen LogP contribution in [0.4, 0.5) is 0 Å². The molecule has 2 heteroatoms. The molecule has 0 radical (unpaired) electrons. The molecule has 0 aromatic carbocycles. The Morgan fingerprint density at radius 1 is 1.16 bits per heavy atom. The van der Waals surface area contributed by atoms with Crippen LogP contribution in [0.3, 0.4) is 0 Å². The first-order valence-electron chi connectivity index (χ1n) is 8.22. The number of hydrogen-bond acceptors (Lipinski definition) is 2. The summed E-state index contributed by atoms with van der Waals surface area (Å²) in [6.45, 7) is 7.56. The largest absolute Gasteiger partial charge is 0.380 e. The minimum absolute atomic E-state index is 0.736. The first-order valence-corrected chi connectivity index (χ1v) is 8.22. The van der Waals surface area contributed by atoms with Crippen LogP contribution in [0.1, 0.15) is 52.4 Å². The molecule has 0 heterocycles. The van der Waals surface area contributed by atoms with E-state index in [0.29, 0.717) is 0 Å². The summed E-state index contributed by atoms with van der Waals surface area (Å²) in [5.74, 6) is 2.43. The molecule has 2 aliphatic carbocycles. The number of ether oxygens (including phenoxy) is 1. The van der Waals surface area contributed by atoms with Crippen LogP contribution < -0.4 is 5.32 Å². The van der Waals surface area contributed by atoms with Gasteiger partial charge in [-0.25, -0.2) is 0 Å². The quantitative estimate of drug-likeness (QED) is 0.583. The monoisotopic (exact) mass is 265 g/mol. The molecule has 4 unspecified atom stereocenters. The summed E-state index contributed by atoms with van der Waals surface area (Å²) >= 11 is 0. The van der Waals surface area contributed by atoms with Crippen LogP contribution in [0.5, 0.6) is 0 Å². The highest BCUT2D eigenvalue weighted by molar-refractivity contribution is 4.93. The second-order valence-electron chi connectivity index (χ2n) is 6.68. The summed E-state index contributed by atoms with van der Waals surface area (Å²) in [5.41, 5.74) is 0. The fourth-order valence-electron chi connectivity index (χ4n) is 3.43. The van der Waals surface area contributed by atoms with Crippen molar-refractivity contribution in [1.29, 1.82) is 0 Å². The van der Waals surface area contributed by atoms with E-state index in [2.05, 4.69) is 31.3 Å². The van der Waals surface area contributed by atoms with Crippen molar-refractivity contribution >= 4 is 0 Å². The van der Waals surface area contributed by atoms with Gasteiger partial charge >= 0.3 is 0 Å². The number of hydrogen-bond donors (Lipinski definition) is 1. The first kappa shape index (κ1) is 15.1. The fraction of sp³-hybridized carbons (Fsp3) is 0.882. The van der Waals surface area contributed by atoms with Gasteiger partial charge in [-0.1, -0.05) is 38.8 Å². The highest BCUT2D eigenvalue weighted by Crippen LogP contribution is 2.25. The molecule has 2 nitrogen and oxygen atoms in total. The van der Waals surface area contributed by atoms with Crippen LogP contribution in [0.2, 0.25) is 0 Å². The van der Waals surface area contributed by atoms with Gasteiger partial charge in [0.1, 0.15) is 0 Å². The molecule has 0 amide bonds. The molecular weight excluding hydrogens is 234 g/mol. The predicted molar refractivity (Wildman–Crippen MR) is 81.3 cm³/mol. The Labute approximate surface area is 119 Å². The number of nitrogens with one attached hydrogen (secondary N) is 1. The second kappa shape index (κ2) is 8.06. The van der Waals surface area contributed by atoms with Crippen LogP contribution in [0.25, 0.3) is 0 Å². The maximum absolute atomic E-state index is 5.87. The Morgan fingerprint density at radius 2 is 2.00 bits per heavy atom. The number of allylic oxidation sites excluding steroid dienone is 2. The van der Waals surface area contributed by atoms with Crippen LogP contribution >= 0.6 is 0 Å². The third-order valence-electron chi connectivity index (χ3n) is 4.87. The number of rotatable bonds is 6. The maximum Gasteiger partial charge on any atom is 0.0591 e. The lowest BCUT2D eigenvalue weighted by atomic mass is 9.85. The van der Waals surface area contributed by atoms with Gasteiger partial charge in [-0.3, -0.25) is 0 Å². The smallest absolute Gasteiger partial charge is 0.0591 e. The molecule has 2 rings (SSSR count). The summed E-state index contributed by atoms with van der Waals surface area (Å²) < 4.78 is 5.87. The van der Waals surface area contributed by atoms with Gasteiger partial charge in [0.25, 0.3) is 0 Å². The van der Waals surface area contributed by atoms with Crippen molar-refractivity contribution in [3.05, 3.63) is 12.2 Å². The molecule has 4 atom stereocenters. The molecule has 1 N–H and O–H groups in total. The summed E-state index contributed by atoms with van der Waals surface area (Å²) in [6.07, 6.45) is 12.6. The molecule has 19 heavy (non-hydrogen) atoms. The summed E-state index contributed by atoms with van der Waals surface area (Å²) in [7, 11) is 0. The van der Waals surface area contributed by atoms with Crippen LogP contribution in [-0.2, 0) is 4.74 Å². The molecule has 0 bridgehead atoms. The van der Waals surface area contributed by atoms with Crippen molar-refractivity contribution in [3.63, 3.8) is 0 Å². The molecule has 1 fully saturated rings. The Bertz CT molecular complexity index is 276. The first-order chi connectivity index (χ1) is 9.25. The van der Waals surface area contributed by atoms with Gasteiger partial charge in [-0.15, -0.1) is 0 Å². The van der Waals surface area contributed by atoms with E-state index < -0.39 is 0 Å². The molecule has 0 saturated heterocycles. The average Bonchev–Trinajstić information content (AvgIpc) is 2.40. The van der Waals surface area contributed by atoms with Gasteiger partial charge < -0.3 is 10.1 Å². The molecule has 0 aromatic heterocycles. The van der Waals surface area contributed by atoms with Crippen molar-refractivity contribution in [3.8, 4) is 0 Å². The van der Waals surface area contributed by atoms with E-state index in [-0.39, 0.29) is 0 Å². The van der Waals surface area contributed by atoms with Crippen molar-refractivity contribution in [2.75, 3.05) is 19.8 Å². The van der Waals surface area contributed by atoms with E-state index in [1.807, 2.05) is 0 Å². The Morgan fingerprint density at radius 3 is 2.79 bits per heavy atom. The van der Waals surface area contributed by atoms with E-state index in [4.69, 9.17) is 4.74 Å². The molecule has 110 valence electrons. The lowest BCUT2D eigenvalue weighted by molar-refractivity contribution is 0.0784. The Kier molecular flexibility index (Phi) is 6.39. The fourth-order valence-corrected chi connectivity index (χ4v) is 3.43. The normalized spacial score (nSPS) is 35.5. The third kappa shape index (κ3) is 5.27. The SMILES string of the molecule is CC1CCCC(NCCOCC2CC=CCC2C)C1. The second-order valence-corrected chi connectivity index (χ2v) is 6.68. The van der Waals surface area contributed by atoms with E-state index in [0.717, 1.165) is 43.6 Å². The predicted octanol–water partition coefficient (Wildman–Crippen LogP) is 3.77. The van der Waals surface area contributed by atoms with Gasteiger partial charge in [0.15, 0.2) is 0 Å². The highest BCUT2D eigenvalue weighted by Gasteiger charge is 2.19. The van der Waals surface area contributed by atoms with Gasteiger partial charge in [0.2, 0.25) is 0 Å². The van der Waals surface area contributed by atoms with Crippen molar-refractivity contribution in [1.82, 2.24) is 5.32 Å². The molecule has 1 saturated carbocycles. The lowest BCUT2D eigenvalue weighted by Gasteiger charge is -2.28. The summed E-state index contributed by atoms with van der Waals surface area (Å²) in [4.78, 5) is 0. The topological polar surface area (TPSA) is 21.3 Å². The zero-order chi connectivity index (χ0) is 13.5. The van der Waals surface area contributed by atoms with E-state index >= 15 is 0 Å². The lowest BCUT2D eigenvalue weighted by Crippen LogP contribution is -2.36. The van der Waals surface area contributed by atoms with Gasteiger partial charge in [0.05, 0.1) is 13.2 Å². The van der Waals surface area contributed by atoms with E-state index in [1.54, 1.807) is 0 Å². The third-order valence-corrected chi connectivity index (χ3v) is 4.87. The van der Waals surface area contributed by atoms with E-state index in [9.17, 15) is 0 Å². The Balaban J connectivity index is 1.51. The van der Waals surface area contributed by atoms with E-state index in [1.165, 1.54) is 38.5 Å². The van der Waals surface area contributed by atoms with Crippen molar-refractivity contribution < 1.29 is 4.74 Å². The van der Waals surface area contributed by atoms with Crippen molar-refractivity contribution in [2.45, 2.75) is 58.4 Å². The molecule has 2 aliphatic rings. The van der Waals surface area contributed by atoms with Crippen LogP contribution in [0.15, 0.2) is 12.2 Å². The van der Waals surface area contributed by atoms with Gasteiger partial charge in [-0.05, 0) is 43.4 Å². The Hall–Kier alpha value is -0.340. The highest BCUT2D eigenvalue weighted by atomic mass is 16.5. The molecular formula is C17H31NO. The van der Waals surface area contributed by atoms with Crippen LogP contribution in [0, 0.1) is 17.8 Å². The van der Waals surface area contributed by atoms with Gasteiger partial charge in [-0.2, -0.15) is 0 Å². The standard InChI is InChI=1S/C17H31NO/c1-14-6-5-9-17(12-14)18-10-11-19-13-16-8-4-3-7-15(16)2/h3-4,14-18H,5-13H2,1-2H3. The molecule has 0 aromatic rings. The van der Waals surface area contributed by atoms with Crippen LogP contribution in [-0.4, -0.2) is 25.8 Å². The minimum atomic E-state index is 0.736. The summed E-state index contributed by atoms with van der Waals surface area (Å²) in [5, 5.41) is 3.66. The summed E-state index contributed by atoms with van der Waals surface area (Å²) in [6, 6.07) is 0.740. The molecule has 0 aliphatic heterocycles. The van der Waals surface area contributed by atoms with Crippen molar-refractivity contribution in [2.24, 2.45) is 17.8 Å². The minimum Gasteiger partial charge on any atom is -0.380 e.